The van der Waals surface area contributed by atoms with Gasteiger partial charge in [0.05, 0.1) is 5.56 Å². The Balaban J connectivity index is 2.56. The summed E-state index contributed by atoms with van der Waals surface area (Å²) in [5.41, 5.74) is -4.33. The average Bonchev–Trinajstić information content (AvgIpc) is 2.80. The Kier molecular flexibility index (Phi) is 4.16. The van der Waals surface area contributed by atoms with Crippen molar-refractivity contribution in [3.63, 3.8) is 0 Å². The number of phenols is 1. The van der Waals surface area contributed by atoms with Crippen molar-refractivity contribution >= 4 is 11.6 Å². The standard InChI is InChI=1S/C16H19F3N2O3/c1-9-6-5-7-10(12(9)22)13(23)21-15(24,14(2,3)4)8-11(20-21)16(17,18)19/h5-7,22,24H,8H2,1-4H3/t15-/m1/s1. The molecule has 2 N–H and O–H groups in total. The summed E-state index contributed by atoms with van der Waals surface area (Å²) >= 11 is 0. The lowest BCUT2D eigenvalue weighted by atomic mass is 9.79. The van der Waals surface area contributed by atoms with Crippen molar-refractivity contribution in [1.29, 1.82) is 0 Å². The molecule has 132 valence electrons. The molecule has 24 heavy (non-hydrogen) atoms. The number of benzene rings is 1. The van der Waals surface area contributed by atoms with Crippen LogP contribution < -0.4 is 0 Å². The number of hydrazone groups is 1. The van der Waals surface area contributed by atoms with Gasteiger partial charge in [0, 0.05) is 11.8 Å². The van der Waals surface area contributed by atoms with Gasteiger partial charge >= 0.3 is 6.18 Å². The van der Waals surface area contributed by atoms with Gasteiger partial charge in [0.1, 0.15) is 11.5 Å². The maximum absolute atomic E-state index is 13.0. The minimum Gasteiger partial charge on any atom is -0.507 e. The van der Waals surface area contributed by atoms with Crippen LogP contribution in [0.4, 0.5) is 13.2 Å². The van der Waals surface area contributed by atoms with Gasteiger partial charge in [-0.1, -0.05) is 32.9 Å². The molecule has 1 heterocycles. The highest BCUT2D eigenvalue weighted by Gasteiger charge is 2.57. The van der Waals surface area contributed by atoms with E-state index in [1.165, 1.54) is 32.9 Å². The van der Waals surface area contributed by atoms with Crippen LogP contribution in [0, 0.1) is 12.3 Å². The summed E-state index contributed by atoms with van der Waals surface area (Å²) < 4.78 is 39.1. The first-order valence-corrected chi connectivity index (χ1v) is 7.29. The van der Waals surface area contributed by atoms with Gasteiger partial charge in [0.15, 0.2) is 5.72 Å². The average molecular weight is 344 g/mol. The fraction of sp³-hybridized carbons (Fsp3) is 0.500. The van der Waals surface area contributed by atoms with Crippen molar-refractivity contribution in [3.8, 4) is 5.75 Å². The summed E-state index contributed by atoms with van der Waals surface area (Å²) in [5.74, 6) is -1.35. The minimum atomic E-state index is -4.76. The van der Waals surface area contributed by atoms with E-state index >= 15 is 0 Å². The molecular formula is C16H19F3N2O3. The summed E-state index contributed by atoms with van der Waals surface area (Å²) in [6.45, 7) is 6.09. The molecule has 5 nitrogen and oxygen atoms in total. The first kappa shape index (κ1) is 18.3. The van der Waals surface area contributed by atoms with Crippen LogP contribution in [0.3, 0.4) is 0 Å². The van der Waals surface area contributed by atoms with E-state index in [9.17, 15) is 28.2 Å². The normalized spacial score (nSPS) is 21.8. The zero-order valence-electron chi connectivity index (χ0n) is 13.8. The second-order valence-electron chi connectivity index (χ2n) is 6.88. The molecule has 0 bridgehead atoms. The number of alkyl halides is 3. The van der Waals surface area contributed by atoms with E-state index < -0.39 is 35.4 Å². The summed E-state index contributed by atoms with van der Waals surface area (Å²) in [7, 11) is 0. The number of phenolic OH excluding ortho intramolecular Hbond substituents is 1. The summed E-state index contributed by atoms with van der Waals surface area (Å²) in [5, 5.41) is 24.6. The Morgan fingerprint density at radius 1 is 1.29 bits per heavy atom. The molecule has 1 aliphatic rings. The quantitative estimate of drug-likeness (QED) is 0.822. The summed E-state index contributed by atoms with van der Waals surface area (Å²) in [6, 6.07) is 4.31. The summed E-state index contributed by atoms with van der Waals surface area (Å²) in [6.07, 6.45) is -5.60. The van der Waals surface area contributed by atoms with Crippen molar-refractivity contribution < 1.29 is 28.2 Å². The number of hydrogen-bond acceptors (Lipinski definition) is 4. The van der Waals surface area contributed by atoms with E-state index in [1.54, 1.807) is 13.0 Å². The number of carbonyl (C=O) groups is 1. The molecule has 0 saturated carbocycles. The van der Waals surface area contributed by atoms with Gasteiger partial charge in [0.25, 0.3) is 5.91 Å². The lowest BCUT2D eigenvalue weighted by molar-refractivity contribution is -0.144. The second kappa shape index (κ2) is 5.47. The monoisotopic (exact) mass is 344 g/mol. The van der Waals surface area contributed by atoms with Crippen molar-refractivity contribution in [1.82, 2.24) is 5.01 Å². The van der Waals surface area contributed by atoms with Gasteiger partial charge in [-0.2, -0.15) is 23.3 Å². The Morgan fingerprint density at radius 2 is 1.88 bits per heavy atom. The van der Waals surface area contributed by atoms with Gasteiger partial charge in [-0.3, -0.25) is 4.79 Å². The van der Waals surface area contributed by atoms with Crippen LogP contribution in [0.2, 0.25) is 0 Å². The molecule has 1 aromatic carbocycles. The maximum atomic E-state index is 13.0. The van der Waals surface area contributed by atoms with Crippen LogP contribution in [0.25, 0.3) is 0 Å². The van der Waals surface area contributed by atoms with Crippen LogP contribution in [0.15, 0.2) is 23.3 Å². The molecule has 1 aromatic rings. The highest BCUT2D eigenvalue weighted by molar-refractivity contribution is 6.01. The topological polar surface area (TPSA) is 73.1 Å². The Morgan fingerprint density at radius 3 is 2.38 bits per heavy atom. The summed E-state index contributed by atoms with van der Waals surface area (Å²) in [4.78, 5) is 12.7. The Labute approximate surface area is 137 Å². The van der Waals surface area contributed by atoms with Gasteiger partial charge in [-0.25, -0.2) is 0 Å². The van der Waals surface area contributed by atoms with Crippen LogP contribution in [0.5, 0.6) is 5.75 Å². The molecule has 0 radical (unpaired) electrons. The molecule has 0 unspecified atom stereocenters. The minimum absolute atomic E-state index is 0.218. The number of rotatable bonds is 1. The molecule has 2 rings (SSSR count). The number of hydrogen-bond donors (Lipinski definition) is 2. The lowest BCUT2D eigenvalue weighted by Gasteiger charge is -2.41. The van der Waals surface area contributed by atoms with Crippen LogP contribution in [-0.2, 0) is 0 Å². The highest BCUT2D eigenvalue weighted by atomic mass is 19.4. The lowest BCUT2D eigenvalue weighted by Crippen LogP contribution is -2.55. The number of halogens is 3. The zero-order valence-corrected chi connectivity index (χ0v) is 13.8. The van der Waals surface area contributed by atoms with Crippen molar-refractivity contribution in [2.24, 2.45) is 10.5 Å². The third kappa shape index (κ3) is 2.86. The van der Waals surface area contributed by atoms with Gasteiger partial charge in [0.2, 0.25) is 0 Å². The van der Waals surface area contributed by atoms with Gasteiger partial charge in [-0.15, -0.1) is 0 Å². The smallest absolute Gasteiger partial charge is 0.431 e. The Hall–Kier alpha value is -2.09. The first-order chi connectivity index (χ1) is 10.8. The molecule has 1 atom stereocenters. The van der Waals surface area contributed by atoms with Crippen molar-refractivity contribution in [2.75, 3.05) is 0 Å². The van der Waals surface area contributed by atoms with Crippen LogP contribution in [-0.4, -0.2) is 38.7 Å². The fourth-order valence-electron chi connectivity index (χ4n) is 2.45. The van der Waals surface area contributed by atoms with Crippen molar-refractivity contribution in [2.45, 2.75) is 46.0 Å². The predicted molar refractivity (Wildman–Crippen MR) is 81.5 cm³/mol. The van der Waals surface area contributed by atoms with E-state index in [1.807, 2.05) is 0 Å². The second-order valence-corrected chi connectivity index (χ2v) is 6.88. The molecular weight excluding hydrogens is 325 g/mol. The number of amides is 1. The maximum Gasteiger partial charge on any atom is 0.431 e. The molecule has 0 spiro atoms. The number of aryl methyl sites for hydroxylation is 1. The Bertz CT molecular complexity index is 707. The molecule has 1 aliphatic heterocycles. The molecule has 8 heteroatoms. The van der Waals surface area contributed by atoms with E-state index in [2.05, 4.69) is 5.10 Å². The van der Waals surface area contributed by atoms with Gasteiger partial charge < -0.3 is 10.2 Å². The molecule has 1 amide bonds. The van der Waals surface area contributed by atoms with E-state index in [0.29, 0.717) is 10.6 Å². The number of aliphatic hydroxyl groups is 1. The largest absolute Gasteiger partial charge is 0.507 e. The van der Waals surface area contributed by atoms with E-state index in [4.69, 9.17) is 0 Å². The SMILES string of the molecule is Cc1cccc(C(=O)N2N=C(C(F)(F)F)C[C@@]2(O)C(C)(C)C)c1O. The molecule has 0 fully saturated rings. The number of carbonyl (C=O) groups excluding carboxylic acids is 1. The highest BCUT2D eigenvalue weighted by Crippen LogP contribution is 2.44. The number of aromatic hydroxyl groups is 1. The third-order valence-electron chi connectivity index (χ3n) is 4.17. The third-order valence-corrected chi connectivity index (χ3v) is 4.17. The predicted octanol–water partition coefficient (Wildman–Crippen LogP) is 3.20. The molecule has 0 aromatic heterocycles. The number of nitrogens with zero attached hydrogens (tertiary/aromatic N) is 2. The number of para-hydroxylation sites is 1. The van der Waals surface area contributed by atoms with E-state index in [0.717, 1.165) is 0 Å². The van der Waals surface area contributed by atoms with Crippen LogP contribution >= 0.6 is 0 Å². The fourth-order valence-corrected chi connectivity index (χ4v) is 2.45. The molecule has 0 aliphatic carbocycles. The van der Waals surface area contributed by atoms with Crippen LogP contribution in [0.1, 0.15) is 43.1 Å². The van der Waals surface area contributed by atoms with E-state index in [-0.39, 0.29) is 11.3 Å². The van der Waals surface area contributed by atoms with Gasteiger partial charge in [-0.05, 0) is 18.6 Å². The molecule has 0 saturated heterocycles. The van der Waals surface area contributed by atoms with Crippen molar-refractivity contribution in [3.05, 3.63) is 29.3 Å². The first-order valence-electron chi connectivity index (χ1n) is 7.29. The zero-order chi connectivity index (χ0) is 18.5.